The molecule has 0 saturated carbocycles. The van der Waals surface area contributed by atoms with Crippen LogP contribution in [0.3, 0.4) is 0 Å². The highest BCUT2D eigenvalue weighted by Crippen LogP contribution is 2.38. The number of carbonyl (C=O) groups is 7. The monoisotopic (exact) mass is 837 g/mol. The fourth-order valence-corrected chi connectivity index (χ4v) is 6.62. The molecule has 1 saturated heterocycles. The van der Waals surface area contributed by atoms with E-state index in [1.165, 1.54) is 24.3 Å². The first kappa shape index (κ1) is 47.1. The SMILES string of the molecule is CC(=O)N1C[C@H](ONC(=O)CCc2ccccc2)C[C@H]1C(=O)N[C@@H](CC(C)C)C(=O)N[C@@H](Cc1cnc[nH]1)C(=O)N[C@@H](CO)C(=O)N[C@H](C(N)=O)[C@@H](C)OP(=O)(O)O. The quantitative estimate of drug-likeness (QED) is 0.0436. The van der Waals surface area contributed by atoms with Gasteiger partial charge in [0.25, 0.3) is 0 Å². The maximum atomic E-state index is 13.9. The minimum absolute atomic E-state index is 0.00329. The predicted octanol–water partition coefficient (Wildman–Crippen LogP) is -2.42. The molecule has 23 heteroatoms. The van der Waals surface area contributed by atoms with Crippen LogP contribution < -0.4 is 32.5 Å². The number of primary amides is 1. The fraction of sp³-hybridized carbons (Fsp3) is 0.543. The Labute approximate surface area is 333 Å². The third-order valence-electron chi connectivity index (χ3n) is 8.94. The number of amides is 7. The third-order valence-corrected chi connectivity index (χ3v) is 9.54. The average molecular weight is 838 g/mol. The van der Waals surface area contributed by atoms with Crippen molar-refractivity contribution in [2.24, 2.45) is 11.7 Å². The number of hydrogen-bond donors (Lipinski definition) is 10. The lowest BCUT2D eigenvalue weighted by Gasteiger charge is -2.28. The van der Waals surface area contributed by atoms with Gasteiger partial charge < -0.3 is 51.8 Å². The van der Waals surface area contributed by atoms with Crippen LogP contribution in [0.15, 0.2) is 42.9 Å². The number of aryl methyl sites for hydroxylation is 1. The molecule has 320 valence electrons. The lowest BCUT2D eigenvalue weighted by molar-refractivity contribution is -0.139. The van der Waals surface area contributed by atoms with E-state index in [0.717, 1.165) is 12.5 Å². The van der Waals surface area contributed by atoms with Crippen LogP contribution in [0.5, 0.6) is 0 Å². The first-order chi connectivity index (χ1) is 27.3. The Morgan fingerprint density at radius 2 is 1.60 bits per heavy atom. The largest absolute Gasteiger partial charge is 0.469 e. The van der Waals surface area contributed by atoms with Crippen molar-refractivity contribution in [3.05, 3.63) is 54.1 Å². The van der Waals surface area contributed by atoms with Crippen molar-refractivity contribution in [1.82, 2.24) is 41.6 Å². The van der Waals surface area contributed by atoms with Gasteiger partial charge in [-0.2, -0.15) is 0 Å². The van der Waals surface area contributed by atoms with Gasteiger partial charge in [0.05, 0.1) is 25.6 Å². The van der Waals surface area contributed by atoms with Gasteiger partial charge in [0.1, 0.15) is 36.3 Å². The number of H-pyrrole nitrogens is 1. The summed E-state index contributed by atoms with van der Waals surface area (Å²) in [6, 6.07) is 2.05. The van der Waals surface area contributed by atoms with Crippen LogP contribution in [0.2, 0.25) is 0 Å². The number of nitrogens with two attached hydrogens (primary N) is 1. The van der Waals surface area contributed by atoms with E-state index in [9.17, 15) is 43.2 Å². The molecule has 7 atom stereocenters. The highest BCUT2D eigenvalue weighted by atomic mass is 31.2. The minimum atomic E-state index is -5.12. The van der Waals surface area contributed by atoms with E-state index >= 15 is 0 Å². The first-order valence-corrected chi connectivity index (χ1v) is 19.9. The highest BCUT2D eigenvalue weighted by molar-refractivity contribution is 7.46. The summed E-state index contributed by atoms with van der Waals surface area (Å²) in [5.74, 6) is -5.92. The van der Waals surface area contributed by atoms with Crippen molar-refractivity contribution in [2.75, 3.05) is 13.2 Å². The Morgan fingerprint density at radius 1 is 0.966 bits per heavy atom. The summed E-state index contributed by atoms with van der Waals surface area (Å²) in [7, 11) is -5.12. The van der Waals surface area contributed by atoms with Gasteiger partial charge in [-0.1, -0.05) is 44.2 Å². The summed E-state index contributed by atoms with van der Waals surface area (Å²) in [6.45, 7) is 4.85. The molecular weight excluding hydrogens is 785 g/mol. The molecular formula is C35H52N9O13P. The van der Waals surface area contributed by atoms with E-state index < -0.39 is 98.2 Å². The molecule has 22 nitrogen and oxygen atoms in total. The molecule has 58 heavy (non-hydrogen) atoms. The summed E-state index contributed by atoms with van der Waals surface area (Å²) >= 11 is 0. The Hall–Kier alpha value is -5.25. The van der Waals surface area contributed by atoms with Crippen molar-refractivity contribution < 1.29 is 62.4 Å². The molecule has 0 aliphatic carbocycles. The van der Waals surface area contributed by atoms with Crippen LogP contribution in [-0.2, 0) is 60.3 Å². The van der Waals surface area contributed by atoms with Crippen LogP contribution >= 0.6 is 7.82 Å². The number of nitrogens with one attached hydrogen (secondary N) is 6. The van der Waals surface area contributed by atoms with E-state index in [1.54, 1.807) is 13.8 Å². The molecule has 3 rings (SSSR count). The zero-order chi connectivity index (χ0) is 43.2. The highest BCUT2D eigenvalue weighted by Gasteiger charge is 2.41. The van der Waals surface area contributed by atoms with E-state index in [0.29, 0.717) is 12.1 Å². The summed E-state index contributed by atoms with van der Waals surface area (Å²) in [5, 5.41) is 19.6. The van der Waals surface area contributed by atoms with Gasteiger partial charge in [-0.15, -0.1) is 0 Å². The standard InChI is InChI=1S/C35H52N9O13P/c1-19(2)12-25(40-35(52)28-14-24(16-44(28)21(4)46)56-43-29(47)11-10-22-8-6-5-7-9-22)32(49)39-26(13-23-15-37-18-38-23)33(50)41-27(17-45)34(51)42-30(31(36)48)20(3)57-58(53,54)55/h5-9,15,18-20,24-28,30,45H,10-14,16-17H2,1-4H3,(H2,36,48)(H,37,38)(H,39,49)(H,40,52)(H,41,50)(H,42,51)(H,43,47)(H2,53,54,55)/t20-,24-,25+,26+,27+,28+,30+/m1/s1. The number of aliphatic hydroxyl groups is 1. The average Bonchev–Trinajstić information content (AvgIpc) is 3.83. The molecule has 11 N–H and O–H groups in total. The van der Waals surface area contributed by atoms with Gasteiger partial charge in [0.15, 0.2) is 0 Å². The Kier molecular flexibility index (Phi) is 17.9. The summed E-state index contributed by atoms with van der Waals surface area (Å²) < 4.78 is 15.7. The molecule has 2 aromatic rings. The number of likely N-dealkylation sites (tertiary alicyclic amines) is 1. The number of benzene rings is 1. The van der Waals surface area contributed by atoms with E-state index in [4.69, 9.17) is 20.4 Å². The van der Waals surface area contributed by atoms with Gasteiger partial charge in [0.2, 0.25) is 41.4 Å². The second-order valence-electron chi connectivity index (χ2n) is 14.1. The number of rotatable bonds is 22. The molecule has 0 unspecified atom stereocenters. The Morgan fingerprint density at radius 3 is 2.17 bits per heavy atom. The number of imidazole rings is 1. The van der Waals surface area contributed by atoms with Crippen LogP contribution in [0.4, 0.5) is 0 Å². The van der Waals surface area contributed by atoms with E-state index in [1.807, 2.05) is 30.3 Å². The number of nitrogens with zero attached hydrogens (tertiary/aromatic N) is 2. The Bertz CT molecular complexity index is 1780. The van der Waals surface area contributed by atoms with Gasteiger partial charge in [-0.3, -0.25) is 42.9 Å². The van der Waals surface area contributed by atoms with Crippen molar-refractivity contribution in [2.45, 2.75) is 102 Å². The number of aliphatic hydroxyl groups excluding tert-OH is 1. The molecule has 0 spiro atoms. The number of phosphoric acid groups is 1. The van der Waals surface area contributed by atoms with Crippen molar-refractivity contribution in [1.29, 1.82) is 0 Å². The first-order valence-electron chi connectivity index (χ1n) is 18.4. The van der Waals surface area contributed by atoms with E-state index in [-0.39, 0.29) is 38.1 Å². The molecule has 1 aliphatic rings. The molecule has 7 amide bonds. The molecule has 0 radical (unpaired) electrons. The number of phosphoric ester groups is 1. The topological polar surface area (TPSA) is 334 Å². The maximum absolute atomic E-state index is 13.9. The van der Waals surface area contributed by atoms with E-state index in [2.05, 4.69) is 41.2 Å². The molecule has 1 aromatic heterocycles. The summed E-state index contributed by atoms with van der Waals surface area (Å²) in [4.78, 5) is 123. The smallest absolute Gasteiger partial charge is 0.394 e. The van der Waals surface area contributed by atoms with Gasteiger partial charge in [-0.25, -0.2) is 15.0 Å². The van der Waals surface area contributed by atoms with Gasteiger partial charge >= 0.3 is 7.82 Å². The van der Waals surface area contributed by atoms with Crippen molar-refractivity contribution >= 4 is 49.2 Å². The number of carbonyl (C=O) groups excluding carboxylic acids is 7. The molecule has 1 fully saturated rings. The lowest BCUT2D eigenvalue weighted by atomic mass is 10.0. The van der Waals surface area contributed by atoms with Crippen LogP contribution in [0, 0.1) is 5.92 Å². The predicted molar refractivity (Wildman–Crippen MR) is 202 cm³/mol. The zero-order valence-electron chi connectivity index (χ0n) is 32.5. The molecule has 0 bridgehead atoms. The summed E-state index contributed by atoms with van der Waals surface area (Å²) in [5.41, 5.74) is 9.00. The number of aromatic amines is 1. The van der Waals surface area contributed by atoms with Crippen molar-refractivity contribution in [3.63, 3.8) is 0 Å². The second kappa shape index (κ2) is 22.0. The van der Waals surface area contributed by atoms with Crippen LogP contribution in [0.1, 0.15) is 58.2 Å². The summed E-state index contributed by atoms with van der Waals surface area (Å²) in [6.07, 6.45) is 0.811. The van der Waals surface area contributed by atoms with Crippen molar-refractivity contribution in [3.8, 4) is 0 Å². The minimum Gasteiger partial charge on any atom is -0.394 e. The fourth-order valence-electron chi connectivity index (χ4n) is 6.07. The third kappa shape index (κ3) is 15.3. The maximum Gasteiger partial charge on any atom is 0.469 e. The zero-order valence-corrected chi connectivity index (χ0v) is 33.3. The molecule has 1 aliphatic heterocycles. The van der Waals surface area contributed by atoms with Gasteiger partial charge in [0, 0.05) is 38.1 Å². The number of aromatic nitrogens is 2. The lowest BCUT2D eigenvalue weighted by Crippen LogP contribution is -2.61. The van der Waals surface area contributed by atoms with Crippen LogP contribution in [-0.4, -0.2) is 127 Å². The molecule has 1 aromatic carbocycles. The molecule has 2 heterocycles. The number of hydrogen-bond acceptors (Lipinski definition) is 12. The van der Waals surface area contributed by atoms with Gasteiger partial charge in [-0.05, 0) is 31.2 Å². The second-order valence-corrected chi connectivity index (χ2v) is 15.3. The number of hydroxylamine groups is 1. The van der Waals surface area contributed by atoms with Crippen LogP contribution in [0.25, 0.3) is 0 Å². The normalized spacial score (nSPS) is 18.0. The Balaban J connectivity index is 1.71.